The van der Waals surface area contributed by atoms with Gasteiger partial charge in [-0.15, -0.1) is 0 Å². The molecule has 0 unspecified atom stereocenters. The number of anilines is 2. The number of nitrogens with zero attached hydrogens (tertiary/aromatic N) is 1. The fraction of sp³-hybridized carbons (Fsp3) is 0.318. The standard InChI is InChI=1S/C22H24BrN3O3S/c1-11-7-12(2)17(13(3)8-11)24-19(27)15-9-14(23)10-16-18(15)25-20(30-16)26-21(28)29-22(4,5)6/h7-10H,1-6H3,(H,24,27)(H,25,26,28). The van der Waals surface area contributed by atoms with Crippen molar-refractivity contribution in [3.8, 4) is 0 Å². The molecule has 1 heterocycles. The third-order valence-electron chi connectivity index (χ3n) is 4.23. The Bertz CT molecular complexity index is 1130. The average molecular weight is 490 g/mol. The molecule has 2 amide bonds. The molecule has 3 rings (SSSR count). The van der Waals surface area contributed by atoms with E-state index in [-0.39, 0.29) is 5.91 Å². The molecule has 2 aromatic carbocycles. The molecule has 0 spiro atoms. The number of amides is 2. The summed E-state index contributed by atoms with van der Waals surface area (Å²) in [5.41, 5.74) is 4.27. The number of hydrogen-bond acceptors (Lipinski definition) is 5. The number of thiazole rings is 1. The maximum atomic E-state index is 13.1. The Morgan fingerprint density at radius 2 is 1.67 bits per heavy atom. The quantitative estimate of drug-likeness (QED) is 0.435. The van der Waals surface area contributed by atoms with Crippen molar-refractivity contribution in [2.45, 2.75) is 47.1 Å². The van der Waals surface area contributed by atoms with Gasteiger partial charge in [-0.1, -0.05) is 45.0 Å². The molecule has 0 radical (unpaired) electrons. The molecule has 6 nitrogen and oxygen atoms in total. The van der Waals surface area contributed by atoms with Crippen molar-refractivity contribution < 1.29 is 14.3 Å². The van der Waals surface area contributed by atoms with Gasteiger partial charge in [0.05, 0.1) is 15.8 Å². The molecule has 0 aliphatic heterocycles. The number of aryl methyl sites for hydroxylation is 3. The maximum Gasteiger partial charge on any atom is 0.413 e. The highest BCUT2D eigenvalue weighted by Gasteiger charge is 2.20. The number of nitrogens with one attached hydrogen (secondary N) is 2. The van der Waals surface area contributed by atoms with Crippen molar-refractivity contribution in [3.05, 3.63) is 51.0 Å². The largest absolute Gasteiger partial charge is 0.444 e. The predicted octanol–water partition coefficient (Wildman–Crippen LogP) is 6.58. The van der Waals surface area contributed by atoms with Gasteiger partial charge in [0.2, 0.25) is 0 Å². The maximum absolute atomic E-state index is 13.1. The molecule has 2 N–H and O–H groups in total. The van der Waals surface area contributed by atoms with E-state index >= 15 is 0 Å². The van der Waals surface area contributed by atoms with Crippen LogP contribution in [-0.4, -0.2) is 22.6 Å². The molecule has 0 saturated heterocycles. The van der Waals surface area contributed by atoms with Crippen LogP contribution in [0.2, 0.25) is 0 Å². The molecule has 0 saturated carbocycles. The third-order valence-corrected chi connectivity index (χ3v) is 5.60. The second-order valence-electron chi connectivity index (χ2n) is 8.17. The van der Waals surface area contributed by atoms with Crippen LogP contribution in [0.3, 0.4) is 0 Å². The average Bonchev–Trinajstić information content (AvgIpc) is 2.96. The first-order valence-corrected chi connectivity index (χ1v) is 11.0. The highest BCUT2D eigenvalue weighted by Crippen LogP contribution is 2.33. The molecule has 0 aliphatic rings. The van der Waals surface area contributed by atoms with Crippen LogP contribution >= 0.6 is 27.3 Å². The van der Waals surface area contributed by atoms with E-state index < -0.39 is 11.7 Å². The van der Waals surface area contributed by atoms with Crippen molar-refractivity contribution in [1.29, 1.82) is 0 Å². The monoisotopic (exact) mass is 489 g/mol. The Labute approximate surface area is 188 Å². The fourth-order valence-corrected chi connectivity index (χ4v) is 4.70. The summed E-state index contributed by atoms with van der Waals surface area (Å²) in [6.07, 6.45) is -0.586. The molecule has 0 aliphatic carbocycles. The zero-order valence-electron chi connectivity index (χ0n) is 17.8. The summed E-state index contributed by atoms with van der Waals surface area (Å²) in [5.74, 6) is -0.259. The van der Waals surface area contributed by atoms with Crippen molar-refractivity contribution in [2.24, 2.45) is 0 Å². The number of halogens is 1. The van der Waals surface area contributed by atoms with Crippen LogP contribution in [0, 0.1) is 20.8 Å². The first-order valence-electron chi connectivity index (χ1n) is 9.42. The predicted molar refractivity (Wildman–Crippen MR) is 126 cm³/mol. The molecule has 158 valence electrons. The second kappa shape index (κ2) is 8.35. The van der Waals surface area contributed by atoms with E-state index in [4.69, 9.17) is 4.74 Å². The first kappa shape index (κ1) is 22.2. The third kappa shape index (κ3) is 5.17. The summed E-state index contributed by atoms with van der Waals surface area (Å²) in [6, 6.07) is 7.66. The zero-order chi connectivity index (χ0) is 22.2. The Kier molecular flexibility index (Phi) is 6.19. The van der Waals surface area contributed by atoms with Gasteiger partial charge in [0.1, 0.15) is 5.60 Å². The lowest BCUT2D eigenvalue weighted by atomic mass is 10.0. The van der Waals surface area contributed by atoms with E-state index in [1.807, 2.05) is 39.0 Å². The van der Waals surface area contributed by atoms with Gasteiger partial charge in [-0.3, -0.25) is 10.1 Å². The van der Waals surface area contributed by atoms with Crippen LogP contribution in [-0.2, 0) is 4.74 Å². The van der Waals surface area contributed by atoms with Gasteiger partial charge in [0, 0.05) is 10.2 Å². The SMILES string of the molecule is Cc1cc(C)c(NC(=O)c2cc(Br)cc3sc(NC(=O)OC(C)(C)C)nc23)c(C)c1. The molecule has 30 heavy (non-hydrogen) atoms. The number of benzene rings is 2. The van der Waals surface area contributed by atoms with Crippen LogP contribution < -0.4 is 10.6 Å². The van der Waals surface area contributed by atoms with Gasteiger partial charge in [-0.25, -0.2) is 9.78 Å². The topological polar surface area (TPSA) is 80.3 Å². The van der Waals surface area contributed by atoms with Crippen molar-refractivity contribution in [2.75, 3.05) is 10.6 Å². The Morgan fingerprint density at radius 1 is 1.03 bits per heavy atom. The lowest BCUT2D eigenvalue weighted by Gasteiger charge is -2.18. The van der Waals surface area contributed by atoms with Crippen molar-refractivity contribution >= 4 is 60.3 Å². The Hall–Kier alpha value is -2.45. The number of fused-ring (bicyclic) bond motifs is 1. The second-order valence-corrected chi connectivity index (χ2v) is 10.1. The van der Waals surface area contributed by atoms with Crippen LogP contribution in [0.1, 0.15) is 47.8 Å². The number of carbonyl (C=O) groups excluding carboxylic acids is 2. The van der Waals surface area contributed by atoms with Gasteiger partial charge in [0.15, 0.2) is 5.13 Å². The summed E-state index contributed by atoms with van der Waals surface area (Å²) in [4.78, 5) is 29.7. The number of ether oxygens (including phenoxy) is 1. The molecule has 0 fully saturated rings. The lowest BCUT2D eigenvalue weighted by Crippen LogP contribution is -2.27. The number of carbonyl (C=O) groups is 2. The van der Waals surface area contributed by atoms with Gasteiger partial charge in [-0.2, -0.15) is 0 Å². The molecule has 0 bridgehead atoms. The molecule has 0 atom stereocenters. The molecule has 3 aromatic rings. The van der Waals surface area contributed by atoms with E-state index in [2.05, 4.69) is 31.5 Å². The molecular formula is C22H24BrN3O3S. The summed E-state index contributed by atoms with van der Waals surface area (Å²) < 4.78 is 6.81. The Morgan fingerprint density at radius 3 is 2.27 bits per heavy atom. The van der Waals surface area contributed by atoms with E-state index in [0.29, 0.717) is 16.2 Å². The van der Waals surface area contributed by atoms with Crippen LogP contribution in [0.4, 0.5) is 15.6 Å². The molecular weight excluding hydrogens is 466 g/mol. The summed E-state index contributed by atoms with van der Waals surface area (Å²) >= 11 is 4.74. The number of hydrogen-bond donors (Lipinski definition) is 2. The minimum Gasteiger partial charge on any atom is -0.444 e. The minimum absolute atomic E-state index is 0.259. The fourth-order valence-electron chi connectivity index (χ4n) is 3.17. The Balaban J connectivity index is 1.93. The van der Waals surface area contributed by atoms with E-state index in [0.717, 1.165) is 31.6 Å². The normalized spacial score (nSPS) is 11.4. The van der Waals surface area contributed by atoms with Gasteiger partial charge in [0.25, 0.3) is 5.91 Å². The van der Waals surface area contributed by atoms with Crippen molar-refractivity contribution in [3.63, 3.8) is 0 Å². The highest BCUT2D eigenvalue weighted by molar-refractivity contribution is 9.10. The van der Waals surface area contributed by atoms with E-state index in [1.165, 1.54) is 11.3 Å². The summed E-state index contributed by atoms with van der Waals surface area (Å²) in [5, 5.41) is 6.03. The highest BCUT2D eigenvalue weighted by atomic mass is 79.9. The van der Waals surface area contributed by atoms with E-state index in [9.17, 15) is 9.59 Å². The number of aromatic nitrogens is 1. The van der Waals surface area contributed by atoms with Crippen molar-refractivity contribution in [1.82, 2.24) is 4.98 Å². The minimum atomic E-state index is -0.613. The van der Waals surface area contributed by atoms with Gasteiger partial charge < -0.3 is 10.1 Å². The van der Waals surface area contributed by atoms with Gasteiger partial charge >= 0.3 is 6.09 Å². The van der Waals surface area contributed by atoms with Crippen LogP contribution in [0.5, 0.6) is 0 Å². The molecule has 1 aromatic heterocycles. The van der Waals surface area contributed by atoms with Gasteiger partial charge in [-0.05, 0) is 64.8 Å². The summed E-state index contributed by atoms with van der Waals surface area (Å²) in [6.45, 7) is 11.3. The smallest absolute Gasteiger partial charge is 0.413 e. The first-order chi connectivity index (χ1) is 13.9. The van der Waals surface area contributed by atoms with Crippen LogP contribution in [0.25, 0.3) is 10.2 Å². The van der Waals surface area contributed by atoms with E-state index in [1.54, 1.807) is 26.8 Å². The molecule has 8 heteroatoms. The number of rotatable bonds is 3. The lowest BCUT2D eigenvalue weighted by molar-refractivity contribution is 0.0636. The summed E-state index contributed by atoms with van der Waals surface area (Å²) in [7, 11) is 0. The zero-order valence-corrected chi connectivity index (χ0v) is 20.2. The van der Waals surface area contributed by atoms with Crippen LogP contribution in [0.15, 0.2) is 28.7 Å².